The van der Waals surface area contributed by atoms with Crippen LogP contribution < -0.4 is 11.2 Å². The maximum atomic E-state index is 6.21. The molecule has 0 radical (unpaired) electrons. The van der Waals surface area contributed by atoms with Crippen molar-refractivity contribution in [2.45, 2.75) is 0 Å². The second kappa shape index (κ2) is 6.31. The van der Waals surface area contributed by atoms with E-state index in [1.807, 2.05) is 54.6 Å². The van der Waals surface area contributed by atoms with E-state index in [9.17, 15) is 0 Å². The summed E-state index contributed by atoms with van der Waals surface area (Å²) < 4.78 is 0. The molecule has 0 bridgehead atoms. The first-order valence-electron chi connectivity index (χ1n) is 5.62. The Bertz CT molecular complexity index is 611. The van der Waals surface area contributed by atoms with Gasteiger partial charge in [0.15, 0.2) is 5.11 Å². The lowest BCUT2D eigenvalue weighted by atomic mass is 10.0. The number of hydrogen-bond acceptors (Lipinski definition) is 2. The van der Waals surface area contributed by atoms with Gasteiger partial charge in [0.2, 0.25) is 0 Å². The fourth-order valence-corrected chi connectivity index (χ4v) is 1.91. The van der Waals surface area contributed by atoms with Gasteiger partial charge in [0.1, 0.15) is 0 Å². The van der Waals surface area contributed by atoms with Crippen molar-refractivity contribution in [2.75, 3.05) is 0 Å². The molecule has 0 aliphatic heterocycles. The summed E-state index contributed by atoms with van der Waals surface area (Å²) in [5.74, 6) is 0. The topological polar surface area (TPSA) is 50.4 Å². The van der Waals surface area contributed by atoms with Crippen LogP contribution in [0.3, 0.4) is 0 Å². The molecule has 0 fully saturated rings. The van der Waals surface area contributed by atoms with Crippen molar-refractivity contribution in [1.82, 2.24) is 5.43 Å². The van der Waals surface area contributed by atoms with Crippen LogP contribution in [0.2, 0.25) is 5.02 Å². The zero-order valence-electron chi connectivity index (χ0n) is 10.0. The number of hydrogen-bond donors (Lipinski definition) is 2. The van der Waals surface area contributed by atoms with Crippen molar-refractivity contribution >= 4 is 34.6 Å². The summed E-state index contributed by atoms with van der Waals surface area (Å²) in [5, 5.41) is 4.97. The average Bonchev–Trinajstić information content (AvgIpc) is 2.42. The highest BCUT2D eigenvalue weighted by atomic mass is 35.5. The van der Waals surface area contributed by atoms with Crippen LogP contribution in [0.5, 0.6) is 0 Å². The Labute approximate surface area is 122 Å². The number of nitrogens with two attached hydrogens (primary N) is 1. The molecule has 2 aromatic carbocycles. The van der Waals surface area contributed by atoms with Crippen LogP contribution in [-0.4, -0.2) is 10.8 Å². The molecule has 5 heteroatoms. The molecule has 0 saturated heterocycles. The third-order valence-corrected chi connectivity index (χ3v) is 2.87. The molecule has 96 valence electrons. The largest absolute Gasteiger partial charge is 0.375 e. The third kappa shape index (κ3) is 3.53. The Kier molecular flexibility index (Phi) is 4.49. The minimum absolute atomic E-state index is 0.112. The van der Waals surface area contributed by atoms with Crippen molar-refractivity contribution in [3.63, 3.8) is 0 Å². The Hall–Kier alpha value is -1.91. The molecular formula is C14H12ClN3S. The number of benzene rings is 2. The Balaban J connectivity index is 2.50. The highest BCUT2D eigenvalue weighted by Crippen LogP contribution is 2.19. The minimum Gasteiger partial charge on any atom is -0.375 e. The number of thiocarbonyl (C=S) groups is 1. The summed E-state index contributed by atoms with van der Waals surface area (Å²) in [4.78, 5) is 0. The molecule has 0 atom stereocenters. The first-order valence-corrected chi connectivity index (χ1v) is 6.40. The van der Waals surface area contributed by atoms with E-state index in [-0.39, 0.29) is 5.11 Å². The molecule has 0 amide bonds. The monoisotopic (exact) mass is 289 g/mol. The van der Waals surface area contributed by atoms with Crippen LogP contribution >= 0.6 is 23.8 Å². The van der Waals surface area contributed by atoms with Gasteiger partial charge in [-0.25, -0.2) is 0 Å². The minimum atomic E-state index is 0.112. The van der Waals surface area contributed by atoms with Crippen LogP contribution in [0, 0.1) is 0 Å². The van der Waals surface area contributed by atoms with Crippen LogP contribution in [0.4, 0.5) is 0 Å². The second-order valence-corrected chi connectivity index (χ2v) is 4.63. The lowest BCUT2D eigenvalue weighted by Gasteiger charge is -2.09. The van der Waals surface area contributed by atoms with Gasteiger partial charge >= 0.3 is 0 Å². The molecule has 0 spiro atoms. The third-order valence-electron chi connectivity index (χ3n) is 2.45. The summed E-state index contributed by atoms with van der Waals surface area (Å²) in [7, 11) is 0. The van der Waals surface area contributed by atoms with Gasteiger partial charge in [-0.05, 0) is 18.3 Å². The Morgan fingerprint density at radius 1 is 1.05 bits per heavy atom. The molecule has 0 unspecified atom stereocenters. The van der Waals surface area contributed by atoms with E-state index in [2.05, 4.69) is 10.5 Å². The van der Waals surface area contributed by atoms with E-state index in [1.54, 1.807) is 0 Å². The van der Waals surface area contributed by atoms with Gasteiger partial charge in [-0.3, -0.25) is 5.43 Å². The molecule has 2 aromatic rings. The molecule has 3 N–H and O–H groups in total. The summed E-state index contributed by atoms with van der Waals surface area (Å²) in [6.07, 6.45) is 0. The molecule has 2 rings (SSSR count). The van der Waals surface area contributed by atoms with E-state index in [4.69, 9.17) is 29.6 Å². The SMILES string of the molecule is NC(=S)N/N=C(\c1ccccc1)c1ccccc1Cl. The van der Waals surface area contributed by atoms with Gasteiger partial charge < -0.3 is 5.73 Å². The highest BCUT2D eigenvalue weighted by molar-refractivity contribution is 7.80. The first kappa shape index (κ1) is 13.5. The summed E-state index contributed by atoms with van der Waals surface area (Å²) in [5.41, 5.74) is 10.5. The fraction of sp³-hybridized carbons (Fsp3) is 0. The Morgan fingerprint density at radius 2 is 1.68 bits per heavy atom. The molecule has 0 aliphatic rings. The zero-order valence-corrected chi connectivity index (χ0v) is 11.6. The molecule has 0 saturated carbocycles. The quantitative estimate of drug-likeness (QED) is 0.519. The van der Waals surface area contributed by atoms with E-state index in [0.717, 1.165) is 11.1 Å². The maximum absolute atomic E-state index is 6.21. The van der Waals surface area contributed by atoms with Gasteiger partial charge in [0.25, 0.3) is 0 Å². The lowest BCUT2D eigenvalue weighted by Crippen LogP contribution is -2.26. The van der Waals surface area contributed by atoms with Crippen molar-refractivity contribution in [3.05, 3.63) is 70.7 Å². The molecule has 3 nitrogen and oxygen atoms in total. The van der Waals surface area contributed by atoms with Gasteiger partial charge in [-0.2, -0.15) is 5.10 Å². The zero-order chi connectivity index (χ0) is 13.7. The van der Waals surface area contributed by atoms with Crippen molar-refractivity contribution in [3.8, 4) is 0 Å². The molecule has 0 heterocycles. The van der Waals surface area contributed by atoms with Crippen LogP contribution in [0.25, 0.3) is 0 Å². The molecule has 19 heavy (non-hydrogen) atoms. The molecule has 0 aliphatic carbocycles. The first-order chi connectivity index (χ1) is 9.18. The smallest absolute Gasteiger partial charge is 0.184 e. The van der Waals surface area contributed by atoms with E-state index < -0.39 is 0 Å². The Morgan fingerprint density at radius 3 is 2.32 bits per heavy atom. The highest BCUT2D eigenvalue weighted by Gasteiger charge is 2.10. The predicted octanol–water partition coefficient (Wildman–Crippen LogP) is 2.93. The number of halogens is 1. The molecule has 0 aromatic heterocycles. The number of nitrogens with one attached hydrogen (secondary N) is 1. The average molecular weight is 290 g/mol. The lowest BCUT2D eigenvalue weighted by molar-refractivity contribution is 1.03. The van der Waals surface area contributed by atoms with E-state index in [1.165, 1.54) is 0 Å². The number of nitrogens with zero attached hydrogens (tertiary/aromatic N) is 1. The van der Waals surface area contributed by atoms with Crippen LogP contribution in [0.1, 0.15) is 11.1 Å². The van der Waals surface area contributed by atoms with Crippen LogP contribution in [0.15, 0.2) is 59.7 Å². The van der Waals surface area contributed by atoms with Gasteiger partial charge in [0.05, 0.1) is 10.7 Å². The van der Waals surface area contributed by atoms with Gasteiger partial charge in [0, 0.05) is 11.1 Å². The number of hydrazone groups is 1. The predicted molar refractivity (Wildman–Crippen MR) is 83.5 cm³/mol. The summed E-state index contributed by atoms with van der Waals surface area (Å²) in [6, 6.07) is 17.2. The standard InChI is InChI=1S/C14H12ClN3S/c15-12-9-5-4-8-11(12)13(17-18-14(16)19)10-6-2-1-3-7-10/h1-9H,(H3,16,18,19)/b17-13+. The normalized spacial score (nSPS) is 11.1. The fourth-order valence-electron chi connectivity index (χ4n) is 1.64. The second-order valence-electron chi connectivity index (χ2n) is 3.78. The summed E-state index contributed by atoms with van der Waals surface area (Å²) >= 11 is 11.0. The van der Waals surface area contributed by atoms with Crippen molar-refractivity contribution < 1.29 is 0 Å². The van der Waals surface area contributed by atoms with Crippen molar-refractivity contribution in [1.29, 1.82) is 0 Å². The van der Waals surface area contributed by atoms with Crippen molar-refractivity contribution in [2.24, 2.45) is 10.8 Å². The summed E-state index contributed by atoms with van der Waals surface area (Å²) in [6.45, 7) is 0. The molecular weight excluding hydrogens is 278 g/mol. The number of rotatable bonds is 3. The van der Waals surface area contributed by atoms with Crippen LogP contribution in [-0.2, 0) is 0 Å². The van der Waals surface area contributed by atoms with E-state index in [0.29, 0.717) is 10.7 Å². The van der Waals surface area contributed by atoms with Gasteiger partial charge in [-0.15, -0.1) is 0 Å². The van der Waals surface area contributed by atoms with E-state index >= 15 is 0 Å². The van der Waals surface area contributed by atoms with Gasteiger partial charge in [-0.1, -0.05) is 60.1 Å². The maximum Gasteiger partial charge on any atom is 0.184 e.